The van der Waals surface area contributed by atoms with E-state index in [1.165, 1.54) is 17.0 Å². The Bertz CT molecular complexity index is 1040. The van der Waals surface area contributed by atoms with Crippen LogP contribution in [0.5, 0.6) is 0 Å². The normalized spacial score (nSPS) is 17.6. The molecule has 4 rings (SSSR count). The molecule has 1 amide bonds. The number of H-pyrrole nitrogens is 1. The van der Waals surface area contributed by atoms with Gasteiger partial charge in [0.1, 0.15) is 11.3 Å². The Balaban J connectivity index is 1.41. The van der Waals surface area contributed by atoms with Crippen LogP contribution in [0, 0.1) is 5.92 Å². The minimum Gasteiger partial charge on any atom is -0.337 e. The molecule has 0 spiro atoms. The van der Waals surface area contributed by atoms with Crippen LogP contribution in [0.25, 0.3) is 11.0 Å². The second kappa shape index (κ2) is 8.00. The molecule has 1 aliphatic heterocycles. The van der Waals surface area contributed by atoms with Gasteiger partial charge in [-0.2, -0.15) is 0 Å². The van der Waals surface area contributed by atoms with Gasteiger partial charge in [-0.15, -0.1) is 0 Å². The number of amides is 1. The van der Waals surface area contributed by atoms with Gasteiger partial charge in [-0.25, -0.2) is 4.98 Å². The van der Waals surface area contributed by atoms with E-state index in [1.54, 1.807) is 12.1 Å². The largest absolute Gasteiger partial charge is 0.337 e. The summed E-state index contributed by atoms with van der Waals surface area (Å²) in [6, 6.07) is 9.10. The molecule has 0 unspecified atom stereocenters. The molecule has 28 heavy (non-hydrogen) atoms. The predicted octanol–water partition coefficient (Wildman–Crippen LogP) is 3.23. The third-order valence-corrected chi connectivity index (χ3v) is 5.66. The molecule has 1 fully saturated rings. The average Bonchev–Trinajstić information content (AvgIpc) is 2.97. The number of nitrogens with one attached hydrogen (secondary N) is 1. The highest BCUT2D eigenvalue weighted by Crippen LogP contribution is 2.24. The Morgan fingerprint density at radius 2 is 2.14 bits per heavy atom. The van der Waals surface area contributed by atoms with Gasteiger partial charge in [0, 0.05) is 43.5 Å². The standard InChI is InChI=1S/C22H26N4O2/c1-2-25-12-9-18-14-17(15-23-21(18)25)13-16-5-4-10-26(11-8-16)22(28)19-6-3-7-20(27)24-19/h3,6-7,9,12,14-16H,2,4-5,8,10-11,13H2,1H3,(H,24,27)/t16-/m1/s1. The zero-order valence-corrected chi connectivity index (χ0v) is 16.2. The van der Waals surface area contributed by atoms with Crippen LogP contribution in [0.1, 0.15) is 42.2 Å². The van der Waals surface area contributed by atoms with Crippen LogP contribution in [0.15, 0.2) is 47.5 Å². The van der Waals surface area contributed by atoms with Crippen molar-refractivity contribution in [3.8, 4) is 0 Å². The molecule has 0 aliphatic carbocycles. The Kier molecular flexibility index (Phi) is 5.28. The van der Waals surface area contributed by atoms with Gasteiger partial charge in [-0.05, 0) is 62.3 Å². The SMILES string of the molecule is CCn1ccc2cc(C[C@@H]3CCCN(C(=O)c4cccc(=O)[nH]4)CC3)cnc21. The summed E-state index contributed by atoms with van der Waals surface area (Å²) >= 11 is 0. The number of carbonyl (C=O) groups is 1. The summed E-state index contributed by atoms with van der Waals surface area (Å²) in [7, 11) is 0. The molecule has 3 aromatic heterocycles. The van der Waals surface area contributed by atoms with Crippen LogP contribution < -0.4 is 5.56 Å². The van der Waals surface area contributed by atoms with E-state index in [2.05, 4.69) is 39.8 Å². The first-order valence-electron chi connectivity index (χ1n) is 10.1. The van der Waals surface area contributed by atoms with Crippen molar-refractivity contribution in [2.45, 2.75) is 39.2 Å². The van der Waals surface area contributed by atoms with Crippen molar-refractivity contribution >= 4 is 16.9 Å². The number of pyridine rings is 2. The summed E-state index contributed by atoms with van der Waals surface area (Å²) in [5, 5.41) is 1.19. The number of hydrogen-bond donors (Lipinski definition) is 1. The van der Waals surface area contributed by atoms with E-state index < -0.39 is 0 Å². The van der Waals surface area contributed by atoms with E-state index in [4.69, 9.17) is 0 Å². The van der Waals surface area contributed by atoms with Crippen molar-refractivity contribution < 1.29 is 4.79 Å². The number of likely N-dealkylation sites (tertiary alicyclic amines) is 1. The summed E-state index contributed by atoms with van der Waals surface area (Å²) in [4.78, 5) is 33.3. The first-order chi connectivity index (χ1) is 13.6. The lowest BCUT2D eigenvalue weighted by Crippen LogP contribution is -2.33. The number of aromatic nitrogens is 3. The van der Waals surface area contributed by atoms with Crippen LogP contribution in [-0.2, 0) is 13.0 Å². The lowest BCUT2D eigenvalue weighted by molar-refractivity contribution is 0.0754. The molecule has 0 aromatic carbocycles. The monoisotopic (exact) mass is 378 g/mol. The molecule has 3 aromatic rings. The topological polar surface area (TPSA) is 71.0 Å². The molecule has 1 aliphatic rings. The zero-order chi connectivity index (χ0) is 19.5. The number of hydrogen-bond acceptors (Lipinski definition) is 3. The number of rotatable bonds is 4. The number of aryl methyl sites for hydroxylation is 1. The summed E-state index contributed by atoms with van der Waals surface area (Å²) in [6.07, 6.45) is 8.13. The number of nitrogens with zero attached hydrogens (tertiary/aromatic N) is 3. The Labute approximate surface area is 164 Å². The quantitative estimate of drug-likeness (QED) is 0.758. The van der Waals surface area contributed by atoms with Crippen molar-refractivity contribution in [3.63, 3.8) is 0 Å². The second-order valence-electron chi connectivity index (χ2n) is 7.58. The molecule has 0 saturated carbocycles. The van der Waals surface area contributed by atoms with Gasteiger partial charge in [0.15, 0.2) is 0 Å². The fourth-order valence-electron chi connectivity index (χ4n) is 4.14. The number of aromatic amines is 1. The van der Waals surface area contributed by atoms with Crippen LogP contribution in [0.3, 0.4) is 0 Å². The maximum absolute atomic E-state index is 12.7. The van der Waals surface area contributed by atoms with Crippen molar-refractivity contribution in [2.24, 2.45) is 5.92 Å². The predicted molar refractivity (Wildman–Crippen MR) is 109 cm³/mol. The van der Waals surface area contributed by atoms with Crippen LogP contribution in [0.2, 0.25) is 0 Å². The van der Waals surface area contributed by atoms with E-state index in [-0.39, 0.29) is 11.5 Å². The van der Waals surface area contributed by atoms with E-state index in [9.17, 15) is 9.59 Å². The molecule has 6 heteroatoms. The van der Waals surface area contributed by atoms with Crippen molar-refractivity contribution in [1.82, 2.24) is 19.4 Å². The summed E-state index contributed by atoms with van der Waals surface area (Å²) in [5.41, 5.74) is 2.44. The van der Waals surface area contributed by atoms with E-state index in [0.29, 0.717) is 11.6 Å². The summed E-state index contributed by atoms with van der Waals surface area (Å²) < 4.78 is 2.15. The summed E-state index contributed by atoms with van der Waals surface area (Å²) in [5.74, 6) is 0.461. The maximum Gasteiger partial charge on any atom is 0.270 e. The highest BCUT2D eigenvalue weighted by molar-refractivity contribution is 5.92. The van der Waals surface area contributed by atoms with Crippen LogP contribution in [-0.4, -0.2) is 38.4 Å². The van der Waals surface area contributed by atoms with Crippen molar-refractivity contribution in [2.75, 3.05) is 13.1 Å². The molecule has 1 atom stereocenters. The van der Waals surface area contributed by atoms with Crippen molar-refractivity contribution in [1.29, 1.82) is 0 Å². The van der Waals surface area contributed by atoms with Gasteiger partial charge in [0.05, 0.1) is 0 Å². The third kappa shape index (κ3) is 3.86. The van der Waals surface area contributed by atoms with Crippen LogP contribution >= 0.6 is 0 Å². The molecular formula is C22H26N4O2. The van der Waals surface area contributed by atoms with Gasteiger partial charge in [0.2, 0.25) is 5.56 Å². The minimum atomic E-state index is -0.238. The molecule has 1 N–H and O–H groups in total. The highest BCUT2D eigenvalue weighted by Gasteiger charge is 2.22. The fraction of sp³-hybridized carbons (Fsp3) is 0.409. The average molecular weight is 378 g/mol. The molecule has 4 heterocycles. The van der Waals surface area contributed by atoms with Gasteiger partial charge >= 0.3 is 0 Å². The zero-order valence-electron chi connectivity index (χ0n) is 16.2. The van der Waals surface area contributed by atoms with E-state index >= 15 is 0 Å². The fourth-order valence-corrected chi connectivity index (χ4v) is 4.14. The molecule has 0 radical (unpaired) electrons. The minimum absolute atomic E-state index is 0.0812. The number of carbonyl (C=O) groups excluding carboxylic acids is 1. The third-order valence-electron chi connectivity index (χ3n) is 5.66. The first kappa shape index (κ1) is 18.5. The number of fused-ring (bicyclic) bond motifs is 1. The second-order valence-corrected chi connectivity index (χ2v) is 7.58. The Morgan fingerprint density at radius 1 is 1.25 bits per heavy atom. The van der Waals surface area contributed by atoms with Crippen molar-refractivity contribution in [3.05, 3.63) is 64.3 Å². The Morgan fingerprint density at radius 3 is 2.96 bits per heavy atom. The van der Waals surface area contributed by atoms with E-state index in [1.807, 2.05) is 11.1 Å². The molecule has 1 saturated heterocycles. The van der Waals surface area contributed by atoms with Gasteiger partial charge in [-0.1, -0.05) is 6.07 Å². The highest BCUT2D eigenvalue weighted by atomic mass is 16.2. The lowest BCUT2D eigenvalue weighted by Gasteiger charge is -2.20. The van der Waals surface area contributed by atoms with E-state index in [0.717, 1.165) is 51.0 Å². The molecular weight excluding hydrogens is 352 g/mol. The summed E-state index contributed by atoms with van der Waals surface area (Å²) in [6.45, 7) is 4.51. The Hall–Kier alpha value is -2.89. The molecule has 0 bridgehead atoms. The van der Waals surface area contributed by atoms with Gasteiger partial charge in [0.25, 0.3) is 5.91 Å². The first-order valence-corrected chi connectivity index (χ1v) is 10.1. The smallest absolute Gasteiger partial charge is 0.270 e. The van der Waals surface area contributed by atoms with Gasteiger partial charge in [-0.3, -0.25) is 9.59 Å². The lowest BCUT2D eigenvalue weighted by atomic mass is 9.93. The van der Waals surface area contributed by atoms with Crippen LogP contribution in [0.4, 0.5) is 0 Å². The molecule has 146 valence electrons. The maximum atomic E-state index is 12.7. The van der Waals surface area contributed by atoms with Gasteiger partial charge < -0.3 is 14.5 Å². The molecule has 6 nitrogen and oxygen atoms in total.